The van der Waals surface area contributed by atoms with Crippen molar-refractivity contribution in [2.75, 3.05) is 18.8 Å². The molecule has 1 rings (SSSR count). The van der Waals surface area contributed by atoms with Crippen molar-refractivity contribution in [1.82, 2.24) is 10.6 Å². The van der Waals surface area contributed by atoms with Gasteiger partial charge in [0.2, 0.25) is 5.91 Å². The first-order valence-corrected chi connectivity index (χ1v) is 5.07. The van der Waals surface area contributed by atoms with Gasteiger partial charge < -0.3 is 10.6 Å². The van der Waals surface area contributed by atoms with Crippen molar-refractivity contribution in [2.45, 2.75) is 25.3 Å². The summed E-state index contributed by atoms with van der Waals surface area (Å²) >= 11 is 4.00. The van der Waals surface area contributed by atoms with Crippen LogP contribution >= 0.6 is 12.6 Å². The lowest BCUT2D eigenvalue weighted by molar-refractivity contribution is -0.121. The van der Waals surface area contributed by atoms with E-state index >= 15 is 0 Å². The summed E-state index contributed by atoms with van der Waals surface area (Å²) in [5.41, 5.74) is 0. The van der Waals surface area contributed by atoms with Crippen molar-refractivity contribution in [1.29, 1.82) is 0 Å². The van der Waals surface area contributed by atoms with Crippen LogP contribution in [0.25, 0.3) is 0 Å². The van der Waals surface area contributed by atoms with Crippen LogP contribution in [0.4, 0.5) is 0 Å². The molecule has 2 N–H and O–H groups in total. The van der Waals surface area contributed by atoms with Crippen LogP contribution in [0.1, 0.15) is 19.3 Å². The molecule has 12 heavy (non-hydrogen) atoms. The van der Waals surface area contributed by atoms with E-state index in [0.29, 0.717) is 18.2 Å². The molecule has 0 aromatic carbocycles. The molecule has 0 unspecified atom stereocenters. The molecule has 0 radical (unpaired) electrons. The number of hydrogen-bond acceptors (Lipinski definition) is 3. The Morgan fingerprint density at radius 1 is 1.50 bits per heavy atom. The second-order valence-corrected chi connectivity index (χ2v) is 3.51. The Bertz CT molecular complexity index is 146. The zero-order valence-electron chi connectivity index (χ0n) is 7.18. The normalized spacial score (nSPS) is 19.1. The maximum absolute atomic E-state index is 11.1. The van der Waals surface area contributed by atoms with Crippen molar-refractivity contribution < 1.29 is 4.79 Å². The van der Waals surface area contributed by atoms with Crippen LogP contribution in [-0.2, 0) is 4.79 Å². The maximum atomic E-state index is 11.1. The first-order chi connectivity index (χ1) is 5.83. The smallest absolute Gasteiger partial charge is 0.221 e. The summed E-state index contributed by atoms with van der Waals surface area (Å²) in [6, 6.07) is 0.388. The number of carbonyl (C=O) groups is 1. The van der Waals surface area contributed by atoms with Gasteiger partial charge in [0.15, 0.2) is 0 Å². The summed E-state index contributed by atoms with van der Waals surface area (Å²) in [5, 5.41) is 6.25. The molecule has 1 aliphatic rings. The van der Waals surface area contributed by atoms with E-state index in [2.05, 4.69) is 23.3 Å². The summed E-state index contributed by atoms with van der Waals surface area (Å²) in [5.74, 6) is 0.772. The zero-order valence-corrected chi connectivity index (χ0v) is 8.07. The highest BCUT2D eigenvalue weighted by atomic mass is 32.1. The lowest BCUT2D eigenvalue weighted by Gasteiger charge is -2.23. The first-order valence-electron chi connectivity index (χ1n) is 4.44. The number of thiol groups is 1. The molecule has 1 amide bonds. The van der Waals surface area contributed by atoms with E-state index in [1.54, 1.807) is 0 Å². The average Bonchev–Trinajstić information content (AvgIpc) is 2.06. The van der Waals surface area contributed by atoms with E-state index in [4.69, 9.17) is 0 Å². The zero-order chi connectivity index (χ0) is 8.81. The summed E-state index contributed by atoms with van der Waals surface area (Å²) < 4.78 is 0. The quantitative estimate of drug-likeness (QED) is 0.553. The highest BCUT2D eigenvalue weighted by molar-refractivity contribution is 7.80. The van der Waals surface area contributed by atoms with E-state index in [1.807, 2.05) is 0 Å². The monoisotopic (exact) mass is 188 g/mol. The van der Waals surface area contributed by atoms with Crippen LogP contribution in [0.15, 0.2) is 0 Å². The van der Waals surface area contributed by atoms with Crippen molar-refractivity contribution in [3.8, 4) is 0 Å². The van der Waals surface area contributed by atoms with Crippen molar-refractivity contribution in [3.63, 3.8) is 0 Å². The number of hydrogen-bond donors (Lipinski definition) is 3. The minimum Gasteiger partial charge on any atom is -0.353 e. The minimum absolute atomic E-state index is 0.136. The summed E-state index contributed by atoms with van der Waals surface area (Å²) in [4.78, 5) is 11.1. The van der Waals surface area contributed by atoms with Crippen molar-refractivity contribution in [2.24, 2.45) is 0 Å². The predicted octanol–water partition coefficient (Wildman–Crippen LogP) is 0.174. The van der Waals surface area contributed by atoms with Gasteiger partial charge in [-0.25, -0.2) is 0 Å². The number of amides is 1. The third kappa shape index (κ3) is 3.45. The molecule has 0 atom stereocenters. The van der Waals surface area contributed by atoms with Gasteiger partial charge in [-0.05, 0) is 31.7 Å². The lowest BCUT2D eigenvalue weighted by atomic mass is 10.1. The summed E-state index contributed by atoms with van der Waals surface area (Å²) in [6.45, 7) is 2.04. The largest absolute Gasteiger partial charge is 0.353 e. The predicted molar refractivity (Wildman–Crippen MR) is 52.5 cm³/mol. The molecule has 0 spiro atoms. The van der Waals surface area contributed by atoms with Crippen LogP contribution in [0, 0.1) is 0 Å². The van der Waals surface area contributed by atoms with Crippen LogP contribution in [0.2, 0.25) is 0 Å². The molecule has 0 aliphatic carbocycles. The molecular formula is C8H16N2OS. The number of piperidine rings is 1. The van der Waals surface area contributed by atoms with Gasteiger partial charge in [0.25, 0.3) is 0 Å². The molecule has 0 bridgehead atoms. The van der Waals surface area contributed by atoms with E-state index < -0.39 is 0 Å². The second-order valence-electron chi connectivity index (χ2n) is 3.07. The molecule has 0 aromatic rings. The molecule has 70 valence electrons. The molecule has 1 fully saturated rings. The topological polar surface area (TPSA) is 41.1 Å². The Hall–Kier alpha value is -0.220. The Morgan fingerprint density at radius 2 is 2.17 bits per heavy atom. The number of nitrogens with one attached hydrogen (secondary N) is 2. The SMILES string of the molecule is O=C(CCS)NC1CCNCC1. The Balaban J connectivity index is 2.15. The van der Waals surface area contributed by atoms with Crippen molar-refractivity contribution in [3.05, 3.63) is 0 Å². The van der Waals surface area contributed by atoms with E-state index in [0.717, 1.165) is 25.9 Å². The average molecular weight is 188 g/mol. The van der Waals surface area contributed by atoms with Crippen LogP contribution in [0.5, 0.6) is 0 Å². The third-order valence-electron chi connectivity index (χ3n) is 2.04. The Morgan fingerprint density at radius 3 is 2.75 bits per heavy atom. The van der Waals surface area contributed by atoms with Gasteiger partial charge in [0, 0.05) is 12.5 Å². The van der Waals surface area contributed by atoms with Gasteiger partial charge in [0.1, 0.15) is 0 Å². The molecular weight excluding hydrogens is 172 g/mol. The van der Waals surface area contributed by atoms with Gasteiger partial charge in [-0.2, -0.15) is 12.6 Å². The minimum atomic E-state index is 0.136. The van der Waals surface area contributed by atoms with Crippen LogP contribution in [0.3, 0.4) is 0 Å². The third-order valence-corrected chi connectivity index (χ3v) is 2.27. The highest BCUT2D eigenvalue weighted by Gasteiger charge is 2.14. The first kappa shape index (κ1) is 9.86. The van der Waals surface area contributed by atoms with Gasteiger partial charge in [-0.1, -0.05) is 0 Å². The summed E-state index contributed by atoms with van der Waals surface area (Å²) in [7, 11) is 0. The van der Waals surface area contributed by atoms with Crippen LogP contribution < -0.4 is 10.6 Å². The van der Waals surface area contributed by atoms with E-state index in [1.165, 1.54) is 0 Å². The van der Waals surface area contributed by atoms with E-state index in [-0.39, 0.29) is 5.91 Å². The molecule has 1 aliphatic heterocycles. The Kier molecular flexibility index (Phi) is 4.46. The molecule has 0 aromatic heterocycles. The molecule has 3 nitrogen and oxygen atoms in total. The van der Waals surface area contributed by atoms with Gasteiger partial charge in [-0.3, -0.25) is 4.79 Å². The molecule has 0 saturated carbocycles. The summed E-state index contributed by atoms with van der Waals surface area (Å²) in [6.07, 6.45) is 2.64. The second kappa shape index (κ2) is 5.43. The van der Waals surface area contributed by atoms with Gasteiger partial charge >= 0.3 is 0 Å². The highest BCUT2D eigenvalue weighted by Crippen LogP contribution is 2.01. The molecule has 1 saturated heterocycles. The fraction of sp³-hybridized carbons (Fsp3) is 0.875. The van der Waals surface area contributed by atoms with Gasteiger partial charge in [-0.15, -0.1) is 0 Å². The number of rotatable bonds is 3. The fourth-order valence-electron chi connectivity index (χ4n) is 1.37. The molecule has 1 heterocycles. The van der Waals surface area contributed by atoms with Crippen molar-refractivity contribution >= 4 is 18.5 Å². The van der Waals surface area contributed by atoms with Crippen LogP contribution in [-0.4, -0.2) is 30.8 Å². The van der Waals surface area contributed by atoms with Gasteiger partial charge in [0.05, 0.1) is 0 Å². The fourth-order valence-corrected chi connectivity index (χ4v) is 1.57. The van der Waals surface area contributed by atoms with E-state index in [9.17, 15) is 4.79 Å². The maximum Gasteiger partial charge on any atom is 0.221 e. The Labute approximate surface area is 78.7 Å². The number of carbonyl (C=O) groups excluding carboxylic acids is 1. The lowest BCUT2D eigenvalue weighted by Crippen LogP contribution is -2.42. The standard InChI is InChI=1S/C8H16N2OS/c11-8(3-6-12)10-7-1-4-9-5-2-7/h7,9,12H,1-6H2,(H,10,11). The molecule has 4 heteroatoms.